The molecule has 1 heterocycles. The van der Waals surface area contributed by atoms with Crippen molar-refractivity contribution in [2.45, 2.75) is 46.0 Å². The molecule has 118 valence electrons. The number of rotatable bonds is 3. The Morgan fingerprint density at radius 1 is 1.27 bits per heavy atom. The second-order valence-electron chi connectivity index (χ2n) is 7.07. The van der Waals surface area contributed by atoms with Crippen LogP contribution in [0.3, 0.4) is 0 Å². The van der Waals surface area contributed by atoms with Crippen molar-refractivity contribution in [3.05, 3.63) is 65.8 Å². The van der Waals surface area contributed by atoms with Gasteiger partial charge in [0.15, 0.2) is 0 Å². The highest BCUT2D eigenvalue weighted by Gasteiger charge is 2.21. The van der Waals surface area contributed by atoms with Crippen LogP contribution in [0, 0.1) is 5.92 Å². The Labute approximate surface area is 135 Å². The summed E-state index contributed by atoms with van der Waals surface area (Å²) < 4.78 is 5.94. The monoisotopic (exact) mass is 296 g/mol. The van der Waals surface area contributed by atoms with Gasteiger partial charge >= 0.3 is 0 Å². The molecule has 0 fully saturated rings. The Morgan fingerprint density at radius 3 is 2.73 bits per heavy atom. The predicted molar refractivity (Wildman–Crippen MR) is 95.5 cm³/mol. The Bertz CT molecular complexity index is 584. The first-order chi connectivity index (χ1) is 10.4. The Kier molecular flexibility index (Phi) is 5.28. The van der Waals surface area contributed by atoms with Gasteiger partial charge in [0.25, 0.3) is 0 Å². The smallest absolute Gasteiger partial charge is 0.122 e. The topological polar surface area (TPSA) is 9.23 Å². The van der Waals surface area contributed by atoms with Crippen molar-refractivity contribution < 1.29 is 4.74 Å². The zero-order valence-corrected chi connectivity index (χ0v) is 14.4. The summed E-state index contributed by atoms with van der Waals surface area (Å²) in [4.78, 5) is 0. The summed E-state index contributed by atoms with van der Waals surface area (Å²) in [7, 11) is 0. The molecule has 0 aromatic heterocycles. The zero-order chi connectivity index (χ0) is 16.2. The minimum Gasteiger partial charge on any atom is -0.493 e. The van der Waals surface area contributed by atoms with Crippen LogP contribution in [-0.4, -0.2) is 6.61 Å². The summed E-state index contributed by atoms with van der Waals surface area (Å²) >= 11 is 0. The molecule has 1 nitrogen and oxygen atoms in total. The highest BCUT2D eigenvalue weighted by Crippen LogP contribution is 2.34. The molecular weight excluding hydrogens is 268 g/mol. The van der Waals surface area contributed by atoms with Crippen LogP contribution >= 0.6 is 0 Å². The average Bonchev–Trinajstić information content (AvgIpc) is 2.67. The minimum atomic E-state index is 0.166. The van der Waals surface area contributed by atoms with Crippen LogP contribution in [0.5, 0.6) is 5.75 Å². The van der Waals surface area contributed by atoms with Crippen molar-refractivity contribution in [3.63, 3.8) is 0 Å². The molecule has 0 spiro atoms. The standard InChI is InChI=1S/C21H28O/c1-6-7-8-9-16(2)17-12-13-22-20-11-10-19(21(3,4)5)15-18(20)14-17/h6-11,15,17H,2,12-14H2,1,3-5H3/b7-6-,9-8-/t17-/m0/s1. The molecule has 0 saturated heterocycles. The summed E-state index contributed by atoms with van der Waals surface area (Å²) in [6, 6.07) is 6.65. The Morgan fingerprint density at radius 2 is 2.05 bits per heavy atom. The molecule has 1 aromatic carbocycles. The molecule has 0 saturated carbocycles. The van der Waals surface area contributed by atoms with Gasteiger partial charge in [-0.2, -0.15) is 0 Å². The predicted octanol–water partition coefficient (Wildman–Crippen LogP) is 5.61. The van der Waals surface area contributed by atoms with Gasteiger partial charge in [-0.15, -0.1) is 0 Å². The fourth-order valence-electron chi connectivity index (χ4n) is 2.77. The summed E-state index contributed by atoms with van der Waals surface area (Å²) in [5, 5.41) is 0. The maximum Gasteiger partial charge on any atom is 0.122 e. The van der Waals surface area contributed by atoms with E-state index < -0.39 is 0 Å². The van der Waals surface area contributed by atoms with Gasteiger partial charge < -0.3 is 4.74 Å². The molecule has 0 N–H and O–H groups in total. The lowest BCUT2D eigenvalue weighted by molar-refractivity contribution is 0.304. The molecule has 0 bridgehead atoms. The Balaban J connectivity index is 2.23. The third kappa shape index (κ3) is 4.13. The van der Waals surface area contributed by atoms with E-state index >= 15 is 0 Å². The number of benzene rings is 1. The molecular formula is C21H28O. The van der Waals surface area contributed by atoms with Crippen LogP contribution in [0.1, 0.15) is 45.2 Å². The van der Waals surface area contributed by atoms with E-state index in [0.29, 0.717) is 5.92 Å². The van der Waals surface area contributed by atoms with E-state index in [2.05, 4.69) is 57.7 Å². The van der Waals surface area contributed by atoms with Gasteiger partial charge in [-0.1, -0.05) is 69.4 Å². The molecule has 0 amide bonds. The fourth-order valence-corrected chi connectivity index (χ4v) is 2.77. The number of hydrogen-bond acceptors (Lipinski definition) is 1. The van der Waals surface area contributed by atoms with Crippen LogP contribution in [0.4, 0.5) is 0 Å². The molecule has 1 heteroatoms. The van der Waals surface area contributed by atoms with E-state index in [1.165, 1.54) is 16.7 Å². The molecule has 2 rings (SSSR count). The van der Waals surface area contributed by atoms with Crippen molar-refractivity contribution in [1.29, 1.82) is 0 Å². The maximum absolute atomic E-state index is 5.94. The molecule has 0 unspecified atom stereocenters. The summed E-state index contributed by atoms with van der Waals surface area (Å²) in [5.74, 6) is 1.50. The van der Waals surface area contributed by atoms with Crippen molar-refractivity contribution in [3.8, 4) is 5.75 Å². The SMILES string of the molecule is C=C(/C=C\C=C/C)[C@H]1CCOc2ccc(C(C)(C)C)cc2C1. The lowest BCUT2D eigenvalue weighted by atomic mass is 9.84. The molecule has 0 aliphatic carbocycles. The van der Waals surface area contributed by atoms with Crippen LogP contribution in [0.15, 0.2) is 54.7 Å². The Hall–Kier alpha value is -1.76. The number of ether oxygens (including phenoxy) is 1. The van der Waals surface area contributed by atoms with Gasteiger partial charge in [0.05, 0.1) is 6.61 Å². The highest BCUT2D eigenvalue weighted by molar-refractivity contribution is 5.41. The third-order valence-electron chi connectivity index (χ3n) is 4.25. The molecule has 22 heavy (non-hydrogen) atoms. The number of fused-ring (bicyclic) bond motifs is 1. The van der Waals surface area contributed by atoms with E-state index in [0.717, 1.165) is 25.2 Å². The molecule has 1 aromatic rings. The third-order valence-corrected chi connectivity index (χ3v) is 4.25. The molecule has 1 aliphatic rings. The molecule has 0 radical (unpaired) electrons. The van der Waals surface area contributed by atoms with E-state index in [1.807, 2.05) is 19.1 Å². The minimum absolute atomic E-state index is 0.166. The van der Waals surface area contributed by atoms with Crippen molar-refractivity contribution in [2.24, 2.45) is 5.92 Å². The first kappa shape index (κ1) is 16.6. The van der Waals surface area contributed by atoms with E-state index in [-0.39, 0.29) is 5.41 Å². The van der Waals surface area contributed by atoms with E-state index in [1.54, 1.807) is 0 Å². The summed E-state index contributed by atoms with van der Waals surface area (Å²) in [6.45, 7) is 13.8. The zero-order valence-electron chi connectivity index (χ0n) is 14.4. The van der Waals surface area contributed by atoms with Gasteiger partial charge in [0.1, 0.15) is 5.75 Å². The van der Waals surface area contributed by atoms with Crippen molar-refractivity contribution in [1.82, 2.24) is 0 Å². The summed E-state index contributed by atoms with van der Waals surface area (Å²) in [6.07, 6.45) is 10.3. The van der Waals surface area contributed by atoms with E-state index in [4.69, 9.17) is 4.74 Å². The van der Waals surface area contributed by atoms with E-state index in [9.17, 15) is 0 Å². The number of hydrogen-bond donors (Lipinski definition) is 0. The summed E-state index contributed by atoms with van der Waals surface area (Å²) in [5.41, 5.74) is 4.04. The van der Waals surface area contributed by atoms with Crippen LogP contribution in [0.25, 0.3) is 0 Å². The van der Waals surface area contributed by atoms with Gasteiger partial charge in [-0.05, 0) is 48.3 Å². The lowest BCUT2D eigenvalue weighted by Gasteiger charge is -2.21. The normalized spacial score (nSPS) is 19.0. The molecule has 1 aliphatic heterocycles. The van der Waals surface area contributed by atoms with Gasteiger partial charge in [-0.25, -0.2) is 0 Å². The highest BCUT2D eigenvalue weighted by atomic mass is 16.5. The van der Waals surface area contributed by atoms with Crippen LogP contribution < -0.4 is 4.74 Å². The van der Waals surface area contributed by atoms with Gasteiger partial charge in [0, 0.05) is 0 Å². The van der Waals surface area contributed by atoms with Gasteiger partial charge in [-0.3, -0.25) is 0 Å². The van der Waals surface area contributed by atoms with Gasteiger partial charge in [0.2, 0.25) is 0 Å². The van der Waals surface area contributed by atoms with Crippen LogP contribution in [-0.2, 0) is 11.8 Å². The first-order valence-corrected chi connectivity index (χ1v) is 8.16. The maximum atomic E-state index is 5.94. The van der Waals surface area contributed by atoms with Crippen LogP contribution in [0.2, 0.25) is 0 Å². The molecule has 1 atom stereocenters. The largest absolute Gasteiger partial charge is 0.493 e. The van der Waals surface area contributed by atoms with Crippen molar-refractivity contribution >= 4 is 0 Å². The second kappa shape index (κ2) is 7.00. The first-order valence-electron chi connectivity index (χ1n) is 8.16. The lowest BCUT2D eigenvalue weighted by Crippen LogP contribution is -2.12. The quantitative estimate of drug-likeness (QED) is 0.658. The van der Waals surface area contributed by atoms with Crippen molar-refractivity contribution in [2.75, 3.05) is 6.61 Å². The number of allylic oxidation sites excluding steroid dienone is 5. The second-order valence-corrected chi connectivity index (χ2v) is 7.07. The average molecular weight is 296 g/mol. The fraction of sp³-hybridized carbons (Fsp3) is 0.429.